The molecule has 2 aliphatic heterocycles. The lowest BCUT2D eigenvalue weighted by molar-refractivity contribution is 0.0187. The molecule has 0 atom stereocenters. The molecule has 4 rings (SSSR count). The van der Waals surface area contributed by atoms with Crippen molar-refractivity contribution in [1.82, 2.24) is 5.32 Å². The van der Waals surface area contributed by atoms with Gasteiger partial charge < -0.3 is 15.8 Å². The van der Waals surface area contributed by atoms with E-state index in [9.17, 15) is 9.59 Å². The van der Waals surface area contributed by atoms with Crippen molar-refractivity contribution in [3.05, 3.63) is 53.6 Å². The van der Waals surface area contributed by atoms with E-state index in [1.54, 1.807) is 12.1 Å². The highest BCUT2D eigenvalue weighted by atomic mass is 16.5. The van der Waals surface area contributed by atoms with Gasteiger partial charge in [0.05, 0.1) is 12.0 Å². The molecule has 2 heterocycles. The average molecular weight is 336 g/mol. The second kappa shape index (κ2) is 6.01. The smallest absolute Gasteiger partial charge is 0.248 e. The van der Waals surface area contributed by atoms with Crippen LogP contribution in [0.15, 0.2) is 42.5 Å². The number of benzene rings is 2. The van der Waals surface area contributed by atoms with Gasteiger partial charge in [-0.05, 0) is 48.5 Å². The lowest BCUT2D eigenvalue weighted by Gasteiger charge is -2.41. The third-order valence-corrected chi connectivity index (χ3v) is 5.11. The molecule has 0 unspecified atom stereocenters. The molecule has 1 spiro atoms. The Morgan fingerprint density at radius 1 is 1.04 bits per heavy atom. The molecule has 25 heavy (non-hydrogen) atoms. The van der Waals surface area contributed by atoms with E-state index in [1.165, 1.54) is 0 Å². The zero-order valence-electron chi connectivity index (χ0n) is 13.9. The molecular formula is C20H20N2O3. The maximum atomic E-state index is 12.7. The van der Waals surface area contributed by atoms with Gasteiger partial charge in [-0.15, -0.1) is 0 Å². The van der Waals surface area contributed by atoms with Crippen LogP contribution in [0.3, 0.4) is 0 Å². The molecular weight excluding hydrogens is 316 g/mol. The molecule has 2 aromatic carbocycles. The molecule has 5 heteroatoms. The number of hydrogen-bond donors (Lipinski definition) is 2. The van der Waals surface area contributed by atoms with Gasteiger partial charge in [0.15, 0.2) is 5.78 Å². The molecule has 0 saturated carbocycles. The predicted molar refractivity (Wildman–Crippen MR) is 94.8 cm³/mol. The Hall–Kier alpha value is -2.66. The van der Waals surface area contributed by atoms with Crippen molar-refractivity contribution in [2.75, 3.05) is 13.1 Å². The molecule has 1 amide bonds. The predicted octanol–water partition coefficient (Wildman–Crippen LogP) is 2.54. The fourth-order valence-corrected chi connectivity index (χ4v) is 3.66. The van der Waals surface area contributed by atoms with Crippen LogP contribution in [-0.2, 0) is 0 Å². The van der Waals surface area contributed by atoms with Gasteiger partial charge in [-0.2, -0.15) is 0 Å². The van der Waals surface area contributed by atoms with Crippen LogP contribution < -0.4 is 15.8 Å². The van der Waals surface area contributed by atoms with Gasteiger partial charge in [0.1, 0.15) is 11.4 Å². The number of ether oxygens (including phenoxy) is 1. The minimum absolute atomic E-state index is 0.138. The lowest BCUT2D eigenvalue weighted by Crippen LogP contribution is -2.49. The molecule has 2 aromatic rings. The van der Waals surface area contributed by atoms with E-state index in [4.69, 9.17) is 10.5 Å². The van der Waals surface area contributed by atoms with E-state index >= 15 is 0 Å². The highest BCUT2D eigenvalue weighted by Crippen LogP contribution is 2.39. The SMILES string of the molecule is NC(=O)c1ccc(-c2ccc3c(c2)C(=O)CC2(CCNCC2)O3)cc1. The summed E-state index contributed by atoms with van der Waals surface area (Å²) < 4.78 is 6.25. The van der Waals surface area contributed by atoms with Crippen molar-refractivity contribution >= 4 is 11.7 Å². The normalized spacial score (nSPS) is 18.5. The van der Waals surface area contributed by atoms with E-state index < -0.39 is 5.91 Å². The minimum atomic E-state index is -0.451. The van der Waals surface area contributed by atoms with Gasteiger partial charge in [0.25, 0.3) is 0 Å². The van der Waals surface area contributed by atoms with Gasteiger partial charge in [0, 0.05) is 18.4 Å². The first-order chi connectivity index (χ1) is 12.1. The fraction of sp³-hybridized carbons (Fsp3) is 0.300. The van der Waals surface area contributed by atoms with E-state index in [-0.39, 0.29) is 11.4 Å². The number of piperidine rings is 1. The monoisotopic (exact) mass is 336 g/mol. The van der Waals surface area contributed by atoms with E-state index in [1.807, 2.05) is 30.3 Å². The van der Waals surface area contributed by atoms with Gasteiger partial charge >= 0.3 is 0 Å². The fourth-order valence-electron chi connectivity index (χ4n) is 3.66. The van der Waals surface area contributed by atoms with Crippen molar-refractivity contribution in [3.8, 4) is 16.9 Å². The number of ketones is 1. The largest absolute Gasteiger partial charge is 0.486 e. The minimum Gasteiger partial charge on any atom is -0.486 e. The van der Waals surface area contributed by atoms with Crippen LogP contribution in [0.5, 0.6) is 5.75 Å². The number of carbonyl (C=O) groups is 2. The summed E-state index contributed by atoms with van der Waals surface area (Å²) in [6.07, 6.45) is 2.15. The van der Waals surface area contributed by atoms with Crippen LogP contribution in [0.4, 0.5) is 0 Å². The third-order valence-electron chi connectivity index (χ3n) is 5.11. The van der Waals surface area contributed by atoms with Crippen molar-refractivity contribution in [1.29, 1.82) is 0 Å². The maximum absolute atomic E-state index is 12.7. The van der Waals surface area contributed by atoms with Crippen molar-refractivity contribution < 1.29 is 14.3 Å². The Balaban J connectivity index is 1.65. The highest BCUT2D eigenvalue weighted by molar-refractivity contribution is 6.01. The zero-order valence-corrected chi connectivity index (χ0v) is 13.9. The first-order valence-corrected chi connectivity index (χ1v) is 8.54. The molecule has 1 saturated heterocycles. The second-order valence-corrected chi connectivity index (χ2v) is 6.79. The molecule has 5 nitrogen and oxygen atoms in total. The van der Waals surface area contributed by atoms with Crippen molar-refractivity contribution in [2.24, 2.45) is 5.73 Å². The zero-order chi connectivity index (χ0) is 17.4. The Bertz CT molecular complexity index is 837. The standard InChI is InChI=1S/C20H20N2O3/c21-19(24)14-3-1-13(2-4-14)15-5-6-18-16(11-15)17(23)12-20(25-18)7-9-22-10-8-20/h1-6,11,22H,7-10,12H2,(H2,21,24). The van der Waals surface area contributed by atoms with Gasteiger partial charge in [-0.25, -0.2) is 0 Å². The number of fused-ring (bicyclic) bond motifs is 1. The first kappa shape index (κ1) is 15.8. The molecule has 3 N–H and O–H groups in total. The van der Waals surface area contributed by atoms with E-state index in [0.29, 0.717) is 23.3 Å². The van der Waals surface area contributed by atoms with Crippen LogP contribution >= 0.6 is 0 Å². The average Bonchev–Trinajstić information content (AvgIpc) is 2.62. The van der Waals surface area contributed by atoms with Gasteiger partial charge in [0.2, 0.25) is 5.91 Å². The molecule has 128 valence electrons. The van der Waals surface area contributed by atoms with Crippen LogP contribution in [0.25, 0.3) is 11.1 Å². The number of primary amides is 1. The molecule has 2 aliphatic rings. The van der Waals surface area contributed by atoms with Crippen molar-refractivity contribution in [3.63, 3.8) is 0 Å². The summed E-state index contributed by atoms with van der Waals surface area (Å²) >= 11 is 0. The quantitative estimate of drug-likeness (QED) is 0.883. The number of carbonyl (C=O) groups excluding carboxylic acids is 2. The van der Waals surface area contributed by atoms with Gasteiger partial charge in [-0.1, -0.05) is 18.2 Å². The molecule has 0 radical (unpaired) electrons. The Morgan fingerprint density at radius 2 is 1.72 bits per heavy atom. The Labute approximate surface area is 146 Å². The van der Waals surface area contributed by atoms with Gasteiger partial charge in [-0.3, -0.25) is 9.59 Å². The molecule has 0 bridgehead atoms. The first-order valence-electron chi connectivity index (χ1n) is 8.54. The molecule has 0 aliphatic carbocycles. The summed E-state index contributed by atoms with van der Waals surface area (Å²) in [4.78, 5) is 23.9. The highest BCUT2D eigenvalue weighted by Gasteiger charge is 2.41. The number of amides is 1. The summed E-state index contributed by atoms with van der Waals surface area (Å²) in [5.74, 6) is 0.363. The summed E-state index contributed by atoms with van der Waals surface area (Å²) in [5.41, 5.74) is 7.89. The molecule has 0 aromatic heterocycles. The topological polar surface area (TPSA) is 81.4 Å². The van der Waals surface area contributed by atoms with E-state index in [0.717, 1.165) is 37.1 Å². The number of nitrogens with one attached hydrogen (secondary N) is 1. The summed E-state index contributed by atoms with van der Waals surface area (Å²) in [6, 6.07) is 12.8. The number of Topliss-reactive ketones (excluding diaryl/α,β-unsaturated/α-hetero) is 1. The van der Waals surface area contributed by atoms with Crippen LogP contribution in [0.2, 0.25) is 0 Å². The van der Waals surface area contributed by atoms with Crippen LogP contribution in [0, 0.1) is 0 Å². The summed E-state index contributed by atoms with van der Waals surface area (Å²) in [5, 5.41) is 3.31. The molecule has 1 fully saturated rings. The summed E-state index contributed by atoms with van der Waals surface area (Å²) in [7, 11) is 0. The maximum Gasteiger partial charge on any atom is 0.248 e. The number of hydrogen-bond acceptors (Lipinski definition) is 4. The lowest BCUT2D eigenvalue weighted by atomic mass is 9.82. The van der Waals surface area contributed by atoms with Crippen molar-refractivity contribution in [2.45, 2.75) is 24.9 Å². The number of rotatable bonds is 2. The summed E-state index contributed by atoms with van der Waals surface area (Å²) in [6.45, 7) is 1.76. The van der Waals surface area contributed by atoms with Crippen LogP contribution in [0.1, 0.15) is 40.0 Å². The number of nitrogens with two attached hydrogens (primary N) is 1. The van der Waals surface area contributed by atoms with E-state index in [2.05, 4.69) is 5.32 Å². The Morgan fingerprint density at radius 3 is 2.40 bits per heavy atom. The third kappa shape index (κ3) is 2.91. The van der Waals surface area contributed by atoms with Crippen LogP contribution in [-0.4, -0.2) is 30.4 Å². The second-order valence-electron chi connectivity index (χ2n) is 6.79. The Kier molecular flexibility index (Phi) is 3.81.